The maximum atomic E-state index is 12.1. The number of hydrogen-bond donors (Lipinski definition) is 0. The van der Waals surface area contributed by atoms with Gasteiger partial charge in [0.25, 0.3) is 5.69 Å². The molecule has 0 saturated carbocycles. The molecule has 4 rings (SSSR count). The minimum absolute atomic E-state index is 0.0240. The second kappa shape index (κ2) is 6.17. The molecule has 2 aromatic carbocycles. The molecule has 0 spiro atoms. The predicted octanol–water partition coefficient (Wildman–Crippen LogP) is 3.59. The second-order valence-electron chi connectivity index (χ2n) is 6.13. The van der Waals surface area contributed by atoms with E-state index >= 15 is 0 Å². The molecule has 2 heterocycles. The van der Waals surface area contributed by atoms with Crippen molar-refractivity contribution < 1.29 is 9.72 Å². The zero-order valence-corrected chi connectivity index (χ0v) is 14.7. The molecule has 0 unspecified atom stereocenters. The molecule has 0 amide bonds. The summed E-state index contributed by atoms with van der Waals surface area (Å²) >= 11 is 0. The topological polar surface area (TPSA) is 94.8 Å². The SMILES string of the molecule is CC(=O)c1c(C)nc2n(/N=C\c3ccc([N+](=O)[O-])cc3)c3ccccc3n12. The van der Waals surface area contributed by atoms with E-state index in [2.05, 4.69) is 10.1 Å². The summed E-state index contributed by atoms with van der Waals surface area (Å²) in [6.45, 7) is 3.31. The van der Waals surface area contributed by atoms with Crippen molar-refractivity contribution in [3.05, 3.63) is 75.6 Å². The summed E-state index contributed by atoms with van der Waals surface area (Å²) < 4.78 is 3.47. The Balaban J connectivity index is 1.89. The number of non-ortho nitro benzene ring substituents is 1. The van der Waals surface area contributed by atoms with Crippen molar-refractivity contribution >= 4 is 34.5 Å². The van der Waals surface area contributed by atoms with E-state index in [1.807, 2.05) is 24.3 Å². The first-order valence-corrected chi connectivity index (χ1v) is 8.25. The Kier molecular flexibility index (Phi) is 3.80. The molecule has 8 heteroatoms. The van der Waals surface area contributed by atoms with Gasteiger partial charge in [-0.2, -0.15) is 9.78 Å². The average molecular weight is 361 g/mol. The van der Waals surface area contributed by atoms with Crippen LogP contribution in [0.5, 0.6) is 0 Å². The van der Waals surface area contributed by atoms with Gasteiger partial charge in [-0.15, -0.1) is 0 Å². The normalized spacial score (nSPS) is 11.6. The number of aromatic nitrogens is 3. The summed E-state index contributed by atoms with van der Waals surface area (Å²) in [5, 5.41) is 15.3. The Morgan fingerprint density at radius 1 is 1.15 bits per heavy atom. The van der Waals surface area contributed by atoms with E-state index in [9.17, 15) is 14.9 Å². The summed E-state index contributed by atoms with van der Waals surface area (Å²) in [6, 6.07) is 13.7. The lowest BCUT2D eigenvalue weighted by molar-refractivity contribution is -0.384. The molecule has 0 N–H and O–H groups in total. The van der Waals surface area contributed by atoms with Crippen LogP contribution in [0.3, 0.4) is 0 Å². The van der Waals surface area contributed by atoms with E-state index in [4.69, 9.17) is 0 Å². The maximum Gasteiger partial charge on any atom is 0.269 e. The first kappa shape index (κ1) is 16.6. The molecular formula is C19H15N5O3. The van der Waals surface area contributed by atoms with Crippen molar-refractivity contribution in [2.24, 2.45) is 5.10 Å². The molecule has 0 saturated heterocycles. The van der Waals surface area contributed by atoms with Crippen LogP contribution in [0.1, 0.15) is 28.7 Å². The minimum atomic E-state index is -0.444. The van der Waals surface area contributed by atoms with Gasteiger partial charge in [-0.1, -0.05) is 12.1 Å². The van der Waals surface area contributed by atoms with Crippen LogP contribution in [0.25, 0.3) is 16.8 Å². The fourth-order valence-corrected chi connectivity index (χ4v) is 3.16. The number of Topliss-reactive ketones (excluding diaryl/α,β-unsaturated/α-hetero) is 1. The number of nitro benzene ring substituents is 1. The number of ketones is 1. The molecule has 0 aliphatic heterocycles. The molecule has 0 atom stereocenters. The number of nitro groups is 1. The van der Waals surface area contributed by atoms with Crippen LogP contribution in [-0.2, 0) is 0 Å². The number of rotatable bonds is 4. The molecule has 27 heavy (non-hydrogen) atoms. The minimum Gasteiger partial charge on any atom is -0.293 e. The fourth-order valence-electron chi connectivity index (χ4n) is 3.16. The van der Waals surface area contributed by atoms with Gasteiger partial charge in [-0.25, -0.2) is 4.98 Å². The van der Waals surface area contributed by atoms with Gasteiger partial charge >= 0.3 is 0 Å². The zero-order valence-electron chi connectivity index (χ0n) is 14.7. The average Bonchev–Trinajstić information content (AvgIpc) is 3.13. The van der Waals surface area contributed by atoms with Crippen LogP contribution >= 0.6 is 0 Å². The van der Waals surface area contributed by atoms with Gasteiger partial charge in [0, 0.05) is 19.1 Å². The smallest absolute Gasteiger partial charge is 0.269 e. The summed E-state index contributed by atoms with van der Waals surface area (Å²) in [6.07, 6.45) is 1.60. The van der Waals surface area contributed by atoms with Crippen molar-refractivity contribution in [3.63, 3.8) is 0 Å². The van der Waals surface area contributed by atoms with Gasteiger partial charge in [0.2, 0.25) is 5.78 Å². The number of fused-ring (bicyclic) bond motifs is 3. The van der Waals surface area contributed by atoms with Crippen molar-refractivity contribution in [2.45, 2.75) is 13.8 Å². The molecule has 0 aliphatic rings. The van der Waals surface area contributed by atoms with E-state index in [0.717, 1.165) is 11.0 Å². The molecule has 8 nitrogen and oxygen atoms in total. The highest BCUT2D eigenvalue weighted by Gasteiger charge is 2.20. The van der Waals surface area contributed by atoms with Gasteiger partial charge in [-0.3, -0.25) is 19.3 Å². The lowest BCUT2D eigenvalue weighted by atomic mass is 10.2. The van der Waals surface area contributed by atoms with Crippen LogP contribution in [0.4, 0.5) is 5.69 Å². The number of carbonyl (C=O) groups is 1. The standard InChI is InChI=1S/C19H15N5O3/c1-12-18(13(2)25)22-16-5-3-4-6-17(16)23(19(22)21-12)20-11-14-7-9-15(10-8-14)24(26)27/h3-11H,1-2H3/b20-11-. The van der Waals surface area contributed by atoms with Crippen LogP contribution < -0.4 is 0 Å². The summed E-state index contributed by atoms with van der Waals surface area (Å²) in [7, 11) is 0. The Bertz CT molecular complexity index is 1230. The van der Waals surface area contributed by atoms with Gasteiger partial charge in [0.15, 0.2) is 5.78 Å². The monoisotopic (exact) mass is 361 g/mol. The first-order valence-electron chi connectivity index (χ1n) is 8.25. The van der Waals surface area contributed by atoms with Crippen LogP contribution in [0.15, 0.2) is 53.6 Å². The molecule has 0 fully saturated rings. The lowest BCUT2D eigenvalue weighted by Gasteiger charge is -1.98. The van der Waals surface area contributed by atoms with Crippen molar-refractivity contribution in [1.29, 1.82) is 0 Å². The second-order valence-corrected chi connectivity index (χ2v) is 6.13. The first-order chi connectivity index (χ1) is 13.0. The van der Waals surface area contributed by atoms with E-state index in [-0.39, 0.29) is 11.5 Å². The zero-order chi connectivity index (χ0) is 19.1. The number of nitrogens with zero attached hydrogens (tertiary/aromatic N) is 5. The summed E-state index contributed by atoms with van der Waals surface area (Å²) in [5.74, 6) is 0.472. The van der Waals surface area contributed by atoms with Crippen LogP contribution in [0, 0.1) is 17.0 Å². The number of aryl methyl sites for hydroxylation is 1. The highest BCUT2D eigenvalue weighted by molar-refractivity contribution is 5.97. The highest BCUT2D eigenvalue weighted by atomic mass is 16.6. The number of imidazole rings is 2. The molecule has 134 valence electrons. The third-order valence-corrected chi connectivity index (χ3v) is 4.33. The number of carbonyl (C=O) groups excluding carboxylic acids is 1. The number of hydrogen-bond acceptors (Lipinski definition) is 5. The molecule has 0 aliphatic carbocycles. The van der Waals surface area contributed by atoms with Gasteiger partial charge < -0.3 is 0 Å². The number of para-hydroxylation sites is 2. The molecule has 4 aromatic rings. The lowest BCUT2D eigenvalue weighted by Crippen LogP contribution is -1.99. The molecular weight excluding hydrogens is 346 g/mol. The van der Waals surface area contributed by atoms with Gasteiger partial charge in [-0.05, 0) is 36.8 Å². The Hall–Kier alpha value is -3.81. The highest BCUT2D eigenvalue weighted by Crippen LogP contribution is 2.24. The summed E-state index contributed by atoms with van der Waals surface area (Å²) in [5.41, 5.74) is 3.55. The van der Waals surface area contributed by atoms with Crippen molar-refractivity contribution in [1.82, 2.24) is 14.1 Å². The summed E-state index contributed by atoms with van der Waals surface area (Å²) in [4.78, 5) is 26.9. The quantitative estimate of drug-likeness (QED) is 0.240. The molecule has 0 bridgehead atoms. The Morgan fingerprint density at radius 2 is 1.81 bits per heavy atom. The Morgan fingerprint density at radius 3 is 2.44 bits per heavy atom. The van der Waals surface area contributed by atoms with E-state index in [1.54, 1.807) is 34.3 Å². The van der Waals surface area contributed by atoms with Gasteiger partial charge in [0.1, 0.15) is 5.69 Å². The predicted molar refractivity (Wildman–Crippen MR) is 102 cm³/mol. The molecule has 2 aromatic heterocycles. The van der Waals surface area contributed by atoms with Crippen molar-refractivity contribution in [2.75, 3.05) is 0 Å². The van der Waals surface area contributed by atoms with Crippen LogP contribution in [-0.4, -0.2) is 31.0 Å². The molecule has 0 radical (unpaired) electrons. The van der Waals surface area contributed by atoms with Gasteiger partial charge in [0.05, 0.1) is 27.9 Å². The third kappa shape index (κ3) is 2.67. The Labute approximate surface area is 153 Å². The fraction of sp³-hybridized carbons (Fsp3) is 0.105. The largest absolute Gasteiger partial charge is 0.293 e. The van der Waals surface area contributed by atoms with E-state index in [0.29, 0.717) is 22.7 Å². The van der Waals surface area contributed by atoms with Crippen molar-refractivity contribution in [3.8, 4) is 0 Å². The van der Waals surface area contributed by atoms with E-state index in [1.165, 1.54) is 19.1 Å². The third-order valence-electron chi connectivity index (χ3n) is 4.33. The number of benzene rings is 2. The maximum absolute atomic E-state index is 12.1. The van der Waals surface area contributed by atoms with Crippen LogP contribution in [0.2, 0.25) is 0 Å². The van der Waals surface area contributed by atoms with E-state index < -0.39 is 4.92 Å².